The SMILES string of the molecule is CCCCC=CCC(N)=NCCC(C)C[C@H](N)C(=O)O. The molecule has 20 heavy (non-hydrogen) atoms. The number of carboxylic acid groups (broad SMARTS) is 1. The van der Waals surface area contributed by atoms with Crippen LogP contribution in [0.2, 0.25) is 0 Å². The molecule has 0 radical (unpaired) electrons. The molecule has 0 rings (SSSR count). The number of carboxylic acids is 1. The smallest absolute Gasteiger partial charge is 0.320 e. The summed E-state index contributed by atoms with van der Waals surface area (Å²) < 4.78 is 0. The van der Waals surface area contributed by atoms with Crippen molar-refractivity contribution in [2.24, 2.45) is 22.4 Å². The predicted molar refractivity (Wildman–Crippen MR) is 83.8 cm³/mol. The van der Waals surface area contributed by atoms with Crippen molar-refractivity contribution in [3.8, 4) is 0 Å². The van der Waals surface area contributed by atoms with Crippen molar-refractivity contribution >= 4 is 11.8 Å². The topological polar surface area (TPSA) is 102 Å². The highest BCUT2D eigenvalue weighted by Gasteiger charge is 2.14. The van der Waals surface area contributed by atoms with Crippen LogP contribution in [0, 0.1) is 5.92 Å². The third-order valence-electron chi connectivity index (χ3n) is 3.13. The number of amidine groups is 1. The predicted octanol–water partition coefficient (Wildman–Crippen LogP) is 2.31. The molecule has 0 spiro atoms. The van der Waals surface area contributed by atoms with E-state index in [1.54, 1.807) is 0 Å². The first-order valence-corrected chi connectivity index (χ1v) is 7.39. The monoisotopic (exact) mass is 283 g/mol. The lowest BCUT2D eigenvalue weighted by molar-refractivity contribution is -0.138. The van der Waals surface area contributed by atoms with E-state index in [1.807, 2.05) is 6.92 Å². The maximum absolute atomic E-state index is 10.6. The zero-order valence-electron chi connectivity index (χ0n) is 12.7. The minimum atomic E-state index is -0.947. The van der Waals surface area contributed by atoms with Crippen LogP contribution >= 0.6 is 0 Å². The van der Waals surface area contributed by atoms with Crippen LogP contribution in [0.3, 0.4) is 0 Å². The number of nitrogens with zero attached hydrogens (tertiary/aromatic N) is 1. The van der Waals surface area contributed by atoms with Gasteiger partial charge in [-0.2, -0.15) is 0 Å². The van der Waals surface area contributed by atoms with E-state index >= 15 is 0 Å². The van der Waals surface area contributed by atoms with Gasteiger partial charge in [-0.15, -0.1) is 0 Å². The molecule has 0 amide bonds. The average Bonchev–Trinajstić information content (AvgIpc) is 2.38. The maximum atomic E-state index is 10.6. The van der Waals surface area contributed by atoms with Crippen molar-refractivity contribution in [2.75, 3.05) is 6.54 Å². The van der Waals surface area contributed by atoms with Crippen LogP contribution < -0.4 is 11.5 Å². The third-order valence-corrected chi connectivity index (χ3v) is 3.13. The first kappa shape index (κ1) is 18.6. The molecule has 0 aromatic heterocycles. The Bertz CT molecular complexity index is 327. The van der Waals surface area contributed by atoms with E-state index in [2.05, 4.69) is 24.1 Å². The van der Waals surface area contributed by atoms with Crippen molar-refractivity contribution < 1.29 is 9.90 Å². The molecule has 0 fully saturated rings. The third kappa shape index (κ3) is 10.6. The van der Waals surface area contributed by atoms with Gasteiger partial charge in [-0.05, 0) is 25.2 Å². The van der Waals surface area contributed by atoms with E-state index in [0.29, 0.717) is 25.2 Å². The van der Waals surface area contributed by atoms with Gasteiger partial charge in [0.25, 0.3) is 0 Å². The quantitative estimate of drug-likeness (QED) is 0.234. The van der Waals surface area contributed by atoms with Gasteiger partial charge in [0, 0.05) is 13.0 Å². The first-order valence-electron chi connectivity index (χ1n) is 7.39. The number of carbonyl (C=O) groups is 1. The fourth-order valence-corrected chi connectivity index (χ4v) is 1.79. The summed E-state index contributed by atoms with van der Waals surface area (Å²) in [5.74, 6) is -0.0812. The molecule has 5 nitrogen and oxygen atoms in total. The van der Waals surface area contributed by atoms with Gasteiger partial charge in [-0.25, -0.2) is 0 Å². The Morgan fingerprint density at radius 1 is 1.40 bits per heavy atom. The number of unbranched alkanes of at least 4 members (excludes halogenated alkanes) is 2. The summed E-state index contributed by atoms with van der Waals surface area (Å²) in [4.78, 5) is 14.9. The minimum Gasteiger partial charge on any atom is -0.480 e. The second-order valence-electron chi connectivity index (χ2n) is 5.27. The number of aliphatic carboxylic acids is 1. The summed E-state index contributed by atoms with van der Waals surface area (Å²) in [5.41, 5.74) is 11.3. The van der Waals surface area contributed by atoms with Gasteiger partial charge in [-0.1, -0.05) is 38.8 Å². The van der Waals surface area contributed by atoms with E-state index in [-0.39, 0.29) is 5.92 Å². The molecule has 0 bridgehead atoms. The Kier molecular flexibility index (Phi) is 10.7. The van der Waals surface area contributed by atoms with Crippen molar-refractivity contribution in [2.45, 2.75) is 58.4 Å². The first-order chi connectivity index (χ1) is 9.47. The molecule has 0 aliphatic heterocycles. The summed E-state index contributed by atoms with van der Waals surface area (Å²) in [6, 6.07) is -0.784. The second-order valence-corrected chi connectivity index (χ2v) is 5.27. The molecule has 0 saturated carbocycles. The van der Waals surface area contributed by atoms with Crippen LogP contribution in [0.4, 0.5) is 0 Å². The van der Waals surface area contributed by atoms with Crippen LogP contribution in [0.1, 0.15) is 52.4 Å². The van der Waals surface area contributed by atoms with E-state index < -0.39 is 12.0 Å². The van der Waals surface area contributed by atoms with Crippen molar-refractivity contribution in [3.05, 3.63) is 12.2 Å². The number of nitrogens with two attached hydrogens (primary N) is 2. The highest BCUT2D eigenvalue weighted by Crippen LogP contribution is 2.09. The highest BCUT2D eigenvalue weighted by molar-refractivity contribution is 5.81. The van der Waals surface area contributed by atoms with Crippen molar-refractivity contribution in [1.82, 2.24) is 0 Å². The molecule has 0 aliphatic carbocycles. The van der Waals surface area contributed by atoms with E-state index in [9.17, 15) is 4.79 Å². The number of allylic oxidation sites excluding steroid dienone is 1. The van der Waals surface area contributed by atoms with Gasteiger partial charge >= 0.3 is 5.97 Å². The van der Waals surface area contributed by atoms with Crippen LogP contribution in [-0.2, 0) is 4.79 Å². The minimum absolute atomic E-state index is 0.234. The van der Waals surface area contributed by atoms with Crippen LogP contribution in [-0.4, -0.2) is 29.5 Å². The summed E-state index contributed by atoms with van der Waals surface area (Å²) >= 11 is 0. The number of rotatable bonds is 11. The molecule has 0 aliphatic rings. The van der Waals surface area contributed by atoms with Crippen molar-refractivity contribution in [3.63, 3.8) is 0 Å². The summed E-state index contributed by atoms with van der Waals surface area (Å²) in [7, 11) is 0. The average molecular weight is 283 g/mol. The Hall–Kier alpha value is -1.36. The van der Waals surface area contributed by atoms with E-state index in [4.69, 9.17) is 16.6 Å². The van der Waals surface area contributed by atoms with Crippen LogP contribution in [0.15, 0.2) is 17.1 Å². The number of hydrogen-bond acceptors (Lipinski definition) is 3. The zero-order valence-corrected chi connectivity index (χ0v) is 12.7. The molecule has 0 aromatic rings. The molecule has 2 atom stereocenters. The highest BCUT2D eigenvalue weighted by atomic mass is 16.4. The van der Waals surface area contributed by atoms with Gasteiger partial charge in [0.1, 0.15) is 6.04 Å². The Morgan fingerprint density at radius 2 is 2.10 bits per heavy atom. The maximum Gasteiger partial charge on any atom is 0.320 e. The largest absolute Gasteiger partial charge is 0.480 e. The van der Waals surface area contributed by atoms with Gasteiger partial charge < -0.3 is 16.6 Å². The number of aliphatic imine (C=N–C) groups is 1. The molecule has 5 heteroatoms. The summed E-state index contributed by atoms with van der Waals surface area (Å²) in [6.45, 7) is 4.78. The van der Waals surface area contributed by atoms with Gasteiger partial charge in [-0.3, -0.25) is 9.79 Å². The lowest BCUT2D eigenvalue weighted by Crippen LogP contribution is -2.32. The fourth-order valence-electron chi connectivity index (χ4n) is 1.79. The molecule has 0 saturated heterocycles. The van der Waals surface area contributed by atoms with Gasteiger partial charge in [0.15, 0.2) is 0 Å². The van der Waals surface area contributed by atoms with Crippen molar-refractivity contribution in [1.29, 1.82) is 0 Å². The second kappa shape index (κ2) is 11.5. The Balaban J connectivity index is 3.81. The molecular weight excluding hydrogens is 254 g/mol. The van der Waals surface area contributed by atoms with E-state index in [1.165, 1.54) is 12.8 Å². The van der Waals surface area contributed by atoms with Gasteiger partial charge in [0.2, 0.25) is 0 Å². The molecule has 1 unspecified atom stereocenters. The number of hydrogen-bond donors (Lipinski definition) is 3. The molecule has 0 aromatic carbocycles. The summed E-state index contributed by atoms with van der Waals surface area (Å²) in [5, 5.41) is 8.72. The Morgan fingerprint density at radius 3 is 2.70 bits per heavy atom. The molecule has 0 heterocycles. The lowest BCUT2D eigenvalue weighted by Gasteiger charge is -2.12. The van der Waals surface area contributed by atoms with Gasteiger partial charge in [0.05, 0.1) is 5.84 Å². The lowest BCUT2D eigenvalue weighted by atomic mass is 9.99. The molecular formula is C15H29N3O2. The van der Waals surface area contributed by atoms with Crippen LogP contribution in [0.5, 0.6) is 0 Å². The fraction of sp³-hybridized carbons (Fsp3) is 0.733. The zero-order chi connectivity index (χ0) is 15.4. The Labute approximate surface area is 122 Å². The molecule has 5 N–H and O–H groups in total. The van der Waals surface area contributed by atoms with E-state index in [0.717, 1.165) is 12.8 Å². The molecule has 116 valence electrons. The summed E-state index contributed by atoms with van der Waals surface area (Å²) in [6.07, 6.45) is 9.65. The standard InChI is InChI=1S/C15H29N3O2/c1-3-4-5-6-7-8-14(17)18-10-9-12(2)11-13(16)15(19)20/h6-7,12-13H,3-5,8-11,16H2,1-2H3,(H2,17,18)(H,19,20)/t12?,13-/m0/s1. The normalized spacial score (nSPS) is 15.4. The van der Waals surface area contributed by atoms with Crippen LogP contribution in [0.25, 0.3) is 0 Å².